The van der Waals surface area contributed by atoms with Crippen molar-refractivity contribution in [1.82, 2.24) is 15.2 Å². The van der Waals surface area contributed by atoms with E-state index in [0.717, 1.165) is 38.4 Å². The average Bonchev–Trinajstić information content (AvgIpc) is 2.98. The lowest BCUT2D eigenvalue weighted by atomic mass is 10.2. The number of unbranched alkanes of at least 4 members (excludes halogenated alkanes) is 1. The van der Waals surface area contributed by atoms with Crippen LogP contribution >= 0.6 is 0 Å². The summed E-state index contributed by atoms with van der Waals surface area (Å²) in [6.07, 6.45) is 6.26. The summed E-state index contributed by atoms with van der Waals surface area (Å²) in [5.74, 6) is 0.634. The first-order valence-corrected chi connectivity index (χ1v) is 6.88. The quantitative estimate of drug-likeness (QED) is 0.323. The standard InChI is InChI=1S/C14H24N4O2/c1-15-14(16-8-4-3-7-13(19)20-2)17-9-12-18-10-5-6-11-18/h5-6,10-11H,3-4,7-9,12H2,1-2H3,(H2,15,16,17). The van der Waals surface area contributed by atoms with Crippen LogP contribution in [0.1, 0.15) is 19.3 Å². The molecule has 0 aliphatic rings. The molecule has 0 spiro atoms. The van der Waals surface area contributed by atoms with Crippen molar-refractivity contribution >= 4 is 11.9 Å². The molecule has 0 radical (unpaired) electrons. The molecule has 1 rings (SSSR count). The Morgan fingerprint density at radius 3 is 2.55 bits per heavy atom. The fourth-order valence-corrected chi connectivity index (χ4v) is 1.75. The third kappa shape index (κ3) is 6.82. The van der Waals surface area contributed by atoms with E-state index >= 15 is 0 Å². The lowest BCUT2D eigenvalue weighted by Gasteiger charge is -2.12. The van der Waals surface area contributed by atoms with Crippen LogP contribution in [0, 0.1) is 0 Å². The summed E-state index contributed by atoms with van der Waals surface area (Å²) in [5.41, 5.74) is 0. The van der Waals surface area contributed by atoms with Gasteiger partial charge in [0.25, 0.3) is 0 Å². The first kappa shape index (κ1) is 16.1. The molecule has 0 aromatic carbocycles. The summed E-state index contributed by atoms with van der Waals surface area (Å²) in [5, 5.41) is 6.46. The summed E-state index contributed by atoms with van der Waals surface area (Å²) in [4.78, 5) is 15.1. The Bertz CT molecular complexity index is 401. The minimum atomic E-state index is -0.153. The number of methoxy groups -OCH3 is 1. The van der Waals surface area contributed by atoms with Crippen LogP contribution in [0.5, 0.6) is 0 Å². The van der Waals surface area contributed by atoms with E-state index in [2.05, 4.69) is 24.9 Å². The Morgan fingerprint density at radius 1 is 1.20 bits per heavy atom. The third-order valence-corrected chi connectivity index (χ3v) is 2.88. The van der Waals surface area contributed by atoms with Crippen LogP contribution in [0.25, 0.3) is 0 Å². The number of carbonyl (C=O) groups excluding carboxylic acids is 1. The highest BCUT2D eigenvalue weighted by atomic mass is 16.5. The van der Waals surface area contributed by atoms with Gasteiger partial charge in [-0.3, -0.25) is 9.79 Å². The molecule has 0 bridgehead atoms. The number of esters is 1. The number of hydrogen-bond donors (Lipinski definition) is 2. The molecule has 20 heavy (non-hydrogen) atoms. The fraction of sp³-hybridized carbons (Fsp3) is 0.571. The molecule has 0 saturated carbocycles. The highest BCUT2D eigenvalue weighted by Crippen LogP contribution is 1.95. The zero-order valence-corrected chi connectivity index (χ0v) is 12.3. The number of nitrogens with one attached hydrogen (secondary N) is 2. The molecule has 0 aliphatic heterocycles. The van der Waals surface area contributed by atoms with Gasteiger partial charge in [0.05, 0.1) is 7.11 Å². The van der Waals surface area contributed by atoms with Crippen molar-refractivity contribution in [1.29, 1.82) is 0 Å². The molecule has 2 N–H and O–H groups in total. The smallest absolute Gasteiger partial charge is 0.305 e. The molecule has 1 aromatic heterocycles. The van der Waals surface area contributed by atoms with Crippen molar-refractivity contribution in [3.8, 4) is 0 Å². The van der Waals surface area contributed by atoms with Crippen molar-refractivity contribution in [2.24, 2.45) is 4.99 Å². The predicted octanol–water partition coefficient (Wildman–Crippen LogP) is 0.996. The van der Waals surface area contributed by atoms with Gasteiger partial charge in [-0.25, -0.2) is 0 Å². The molecule has 0 atom stereocenters. The van der Waals surface area contributed by atoms with E-state index in [0.29, 0.717) is 6.42 Å². The van der Waals surface area contributed by atoms with Gasteiger partial charge in [0.15, 0.2) is 5.96 Å². The number of aliphatic imine (C=N–C) groups is 1. The largest absolute Gasteiger partial charge is 0.469 e. The summed E-state index contributed by atoms with van der Waals surface area (Å²) < 4.78 is 6.70. The lowest BCUT2D eigenvalue weighted by molar-refractivity contribution is -0.140. The van der Waals surface area contributed by atoms with Gasteiger partial charge in [0.2, 0.25) is 0 Å². The number of guanidine groups is 1. The van der Waals surface area contributed by atoms with E-state index in [1.807, 2.05) is 24.5 Å². The van der Waals surface area contributed by atoms with Crippen LogP contribution in [0.4, 0.5) is 0 Å². The molecule has 6 heteroatoms. The van der Waals surface area contributed by atoms with Crippen molar-refractivity contribution in [3.05, 3.63) is 24.5 Å². The number of aromatic nitrogens is 1. The molecule has 0 aliphatic carbocycles. The molecule has 0 amide bonds. The van der Waals surface area contributed by atoms with Crippen molar-refractivity contribution in [2.75, 3.05) is 27.2 Å². The van der Waals surface area contributed by atoms with Gasteiger partial charge < -0.3 is 19.9 Å². The number of rotatable bonds is 8. The summed E-state index contributed by atoms with van der Waals surface area (Å²) in [7, 11) is 3.16. The van der Waals surface area contributed by atoms with Gasteiger partial charge in [-0.05, 0) is 25.0 Å². The van der Waals surface area contributed by atoms with Crippen molar-refractivity contribution in [2.45, 2.75) is 25.8 Å². The van der Waals surface area contributed by atoms with Crippen molar-refractivity contribution < 1.29 is 9.53 Å². The molecule has 0 fully saturated rings. The average molecular weight is 280 g/mol. The zero-order valence-electron chi connectivity index (χ0n) is 12.3. The van der Waals surface area contributed by atoms with Crippen LogP contribution in [0.3, 0.4) is 0 Å². The van der Waals surface area contributed by atoms with Gasteiger partial charge >= 0.3 is 5.97 Å². The van der Waals surface area contributed by atoms with E-state index in [-0.39, 0.29) is 5.97 Å². The van der Waals surface area contributed by atoms with Crippen molar-refractivity contribution in [3.63, 3.8) is 0 Å². The maximum Gasteiger partial charge on any atom is 0.305 e. The van der Waals surface area contributed by atoms with Gasteiger partial charge in [-0.2, -0.15) is 0 Å². The summed E-state index contributed by atoms with van der Waals surface area (Å²) in [6.45, 7) is 2.51. The summed E-state index contributed by atoms with van der Waals surface area (Å²) >= 11 is 0. The molecule has 0 saturated heterocycles. The second-order valence-corrected chi connectivity index (χ2v) is 4.38. The minimum Gasteiger partial charge on any atom is -0.469 e. The highest BCUT2D eigenvalue weighted by Gasteiger charge is 2.00. The molecular formula is C14H24N4O2. The zero-order chi connectivity index (χ0) is 14.6. The first-order valence-electron chi connectivity index (χ1n) is 6.88. The second-order valence-electron chi connectivity index (χ2n) is 4.38. The Morgan fingerprint density at radius 2 is 1.90 bits per heavy atom. The van der Waals surface area contributed by atoms with Gasteiger partial charge in [-0.15, -0.1) is 0 Å². The van der Waals surface area contributed by atoms with Gasteiger partial charge in [-0.1, -0.05) is 0 Å². The maximum atomic E-state index is 10.9. The topological polar surface area (TPSA) is 67.7 Å². The van der Waals surface area contributed by atoms with Gasteiger partial charge in [0.1, 0.15) is 0 Å². The van der Waals surface area contributed by atoms with E-state index in [1.54, 1.807) is 7.05 Å². The van der Waals surface area contributed by atoms with Crippen LogP contribution < -0.4 is 10.6 Å². The normalized spacial score (nSPS) is 11.2. The van der Waals surface area contributed by atoms with Crippen LogP contribution in [-0.2, 0) is 16.1 Å². The monoisotopic (exact) mass is 280 g/mol. The minimum absolute atomic E-state index is 0.153. The predicted molar refractivity (Wildman–Crippen MR) is 79.7 cm³/mol. The molecule has 1 aromatic rings. The Kier molecular flexibility index (Phi) is 7.95. The van der Waals surface area contributed by atoms with E-state index < -0.39 is 0 Å². The van der Waals surface area contributed by atoms with E-state index in [4.69, 9.17) is 0 Å². The molecule has 0 unspecified atom stereocenters. The fourth-order valence-electron chi connectivity index (χ4n) is 1.75. The van der Waals surface area contributed by atoms with Crippen LogP contribution in [0.2, 0.25) is 0 Å². The Hall–Kier alpha value is -1.98. The SMILES string of the molecule is CN=C(NCCCCC(=O)OC)NCCn1cccc1. The van der Waals surface area contributed by atoms with E-state index in [1.165, 1.54) is 7.11 Å². The number of hydrogen-bond acceptors (Lipinski definition) is 3. The maximum absolute atomic E-state index is 10.9. The molecule has 6 nitrogen and oxygen atoms in total. The van der Waals surface area contributed by atoms with E-state index in [9.17, 15) is 4.79 Å². The number of nitrogens with zero attached hydrogens (tertiary/aromatic N) is 2. The van der Waals surface area contributed by atoms with Crippen LogP contribution in [0.15, 0.2) is 29.5 Å². The highest BCUT2D eigenvalue weighted by molar-refractivity contribution is 5.79. The van der Waals surface area contributed by atoms with Crippen LogP contribution in [-0.4, -0.2) is 43.7 Å². The molecular weight excluding hydrogens is 256 g/mol. The first-order chi connectivity index (χ1) is 9.76. The Labute approximate surface area is 120 Å². The number of carbonyl (C=O) groups is 1. The third-order valence-electron chi connectivity index (χ3n) is 2.88. The summed E-state index contributed by atoms with van der Waals surface area (Å²) in [6, 6.07) is 4.02. The second kappa shape index (κ2) is 9.89. The van der Waals surface area contributed by atoms with Gasteiger partial charge in [0, 0.05) is 45.5 Å². The lowest BCUT2D eigenvalue weighted by Crippen LogP contribution is -2.39. The Balaban J connectivity index is 2.06. The molecule has 1 heterocycles. The number of ether oxygens (including phenoxy) is 1. The molecule has 112 valence electrons.